The number of para-hydroxylation sites is 1. The van der Waals surface area contributed by atoms with Crippen LogP contribution in [0.5, 0.6) is 5.75 Å². The van der Waals surface area contributed by atoms with Crippen LogP contribution in [0.3, 0.4) is 0 Å². The van der Waals surface area contributed by atoms with Crippen LogP contribution in [0.4, 0.5) is 0 Å². The van der Waals surface area contributed by atoms with E-state index in [2.05, 4.69) is 9.71 Å². The number of fused-ring (bicyclic) bond motifs is 1. The SMILES string of the molecule is COc1ccc(S(=O)(=O)NCc2c(C)[nH]c3ccccc23)c(C)c1. The van der Waals surface area contributed by atoms with Gasteiger partial charge >= 0.3 is 0 Å². The smallest absolute Gasteiger partial charge is 0.241 e. The minimum Gasteiger partial charge on any atom is -0.497 e. The number of sulfonamides is 1. The lowest BCUT2D eigenvalue weighted by molar-refractivity contribution is 0.414. The van der Waals surface area contributed by atoms with Crippen molar-refractivity contribution in [1.82, 2.24) is 9.71 Å². The number of ether oxygens (including phenoxy) is 1. The van der Waals surface area contributed by atoms with Crippen LogP contribution in [0.1, 0.15) is 16.8 Å². The molecular weight excluding hydrogens is 324 g/mol. The Morgan fingerprint density at radius 1 is 1.12 bits per heavy atom. The van der Waals surface area contributed by atoms with Crippen molar-refractivity contribution in [2.75, 3.05) is 7.11 Å². The Morgan fingerprint density at radius 2 is 1.88 bits per heavy atom. The quantitative estimate of drug-likeness (QED) is 0.746. The van der Waals surface area contributed by atoms with Gasteiger partial charge in [0.2, 0.25) is 10.0 Å². The van der Waals surface area contributed by atoms with E-state index < -0.39 is 10.0 Å². The van der Waals surface area contributed by atoms with Gasteiger partial charge in [-0.3, -0.25) is 0 Å². The molecule has 0 aliphatic carbocycles. The van der Waals surface area contributed by atoms with E-state index in [4.69, 9.17) is 4.74 Å². The number of hydrogen-bond acceptors (Lipinski definition) is 3. The first-order valence-corrected chi connectivity index (χ1v) is 9.11. The van der Waals surface area contributed by atoms with Gasteiger partial charge in [0.25, 0.3) is 0 Å². The molecule has 2 N–H and O–H groups in total. The Morgan fingerprint density at radius 3 is 2.58 bits per heavy atom. The molecule has 1 heterocycles. The zero-order valence-corrected chi connectivity index (χ0v) is 14.7. The fraction of sp³-hybridized carbons (Fsp3) is 0.222. The summed E-state index contributed by atoms with van der Waals surface area (Å²) in [4.78, 5) is 3.54. The van der Waals surface area contributed by atoms with E-state index in [1.54, 1.807) is 32.2 Å². The molecule has 1 aromatic heterocycles. The largest absolute Gasteiger partial charge is 0.497 e. The van der Waals surface area contributed by atoms with Crippen molar-refractivity contribution in [3.8, 4) is 5.75 Å². The maximum Gasteiger partial charge on any atom is 0.241 e. The summed E-state index contributed by atoms with van der Waals surface area (Å²) in [5.41, 5.74) is 3.58. The molecule has 0 unspecified atom stereocenters. The standard InChI is InChI=1S/C18H20N2O3S/c1-12-10-14(23-3)8-9-18(12)24(21,22)19-11-16-13(2)20-17-7-5-4-6-15(16)17/h4-10,19-20H,11H2,1-3H3. The van der Waals surface area contributed by atoms with Gasteiger partial charge in [0.05, 0.1) is 12.0 Å². The summed E-state index contributed by atoms with van der Waals surface area (Å²) in [7, 11) is -2.04. The van der Waals surface area contributed by atoms with Crippen molar-refractivity contribution in [3.05, 3.63) is 59.3 Å². The van der Waals surface area contributed by atoms with Gasteiger partial charge in [-0.25, -0.2) is 13.1 Å². The number of H-pyrrole nitrogens is 1. The lowest BCUT2D eigenvalue weighted by atomic mass is 10.1. The highest BCUT2D eigenvalue weighted by molar-refractivity contribution is 7.89. The highest BCUT2D eigenvalue weighted by Gasteiger charge is 2.18. The Bertz CT molecular complexity index is 991. The molecule has 5 nitrogen and oxygen atoms in total. The second-order valence-electron chi connectivity index (χ2n) is 5.73. The van der Waals surface area contributed by atoms with E-state index in [1.165, 1.54) is 0 Å². The zero-order valence-electron chi connectivity index (χ0n) is 13.9. The molecule has 3 aromatic rings. The number of aryl methyl sites for hydroxylation is 2. The molecule has 0 saturated heterocycles. The van der Waals surface area contributed by atoms with Gasteiger partial charge in [0, 0.05) is 23.1 Å². The maximum absolute atomic E-state index is 12.6. The van der Waals surface area contributed by atoms with Gasteiger partial charge in [-0.15, -0.1) is 0 Å². The van der Waals surface area contributed by atoms with Crippen LogP contribution < -0.4 is 9.46 Å². The first kappa shape index (κ1) is 16.5. The summed E-state index contributed by atoms with van der Waals surface area (Å²) >= 11 is 0. The van der Waals surface area contributed by atoms with Crippen LogP contribution in [-0.2, 0) is 16.6 Å². The molecule has 0 bridgehead atoms. The zero-order chi connectivity index (χ0) is 17.3. The molecule has 2 aromatic carbocycles. The van der Waals surface area contributed by atoms with E-state index >= 15 is 0 Å². The first-order valence-electron chi connectivity index (χ1n) is 7.63. The summed E-state index contributed by atoms with van der Waals surface area (Å²) in [6.45, 7) is 3.94. The van der Waals surface area contributed by atoms with E-state index in [1.807, 2.05) is 31.2 Å². The van der Waals surface area contributed by atoms with Crippen molar-refractivity contribution in [1.29, 1.82) is 0 Å². The summed E-state index contributed by atoms with van der Waals surface area (Å²) < 4.78 is 33.1. The molecule has 0 atom stereocenters. The molecule has 0 aliphatic heterocycles. The van der Waals surface area contributed by atoms with E-state index in [0.717, 1.165) is 22.2 Å². The van der Waals surface area contributed by atoms with Crippen molar-refractivity contribution >= 4 is 20.9 Å². The molecule has 3 rings (SSSR count). The van der Waals surface area contributed by atoms with Gasteiger partial charge in [-0.2, -0.15) is 0 Å². The minimum atomic E-state index is -3.60. The van der Waals surface area contributed by atoms with Gasteiger partial charge in [-0.05, 0) is 49.2 Å². The number of rotatable bonds is 5. The van der Waals surface area contributed by atoms with Crippen LogP contribution in [0.25, 0.3) is 10.9 Å². The van der Waals surface area contributed by atoms with Gasteiger partial charge < -0.3 is 9.72 Å². The number of methoxy groups -OCH3 is 1. The average molecular weight is 344 g/mol. The molecular formula is C18H20N2O3S. The van der Waals surface area contributed by atoms with Crippen LogP contribution >= 0.6 is 0 Å². The number of nitrogens with one attached hydrogen (secondary N) is 2. The molecule has 0 aliphatic rings. The molecule has 0 fully saturated rings. The normalized spacial score (nSPS) is 11.8. The fourth-order valence-electron chi connectivity index (χ4n) is 2.86. The lowest BCUT2D eigenvalue weighted by Gasteiger charge is -2.11. The van der Waals surface area contributed by atoms with Crippen molar-refractivity contribution in [2.45, 2.75) is 25.3 Å². The first-order chi connectivity index (χ1) is 11.4. The lowest BCUT2D eigenvalue weighted by Crippen LogP contribution is -2.24. The Labute approximate surface area is 141 Å². The van der Waals surface area contributed by atoms with E-state index in [0.29, 0.717) is 11.3 Å². The molecule has 6 heteroatoms. The van der Waals surface area contributed by atoms with Crippen molar-refractivity contribution in [2.24, 2.45) is 0 Å². The Balaban J connectivity index is 1.89. The minimum absolute atomic E-state index is 0.240. The number of aromatic nitrogens is 1. The summed E-state index contributed by atoms with van der Waals surface area (Å²) in [5, 5.41) is 1.03. The fourth-order valence-corrected chi connectivity index (χ4v) is 4.08. The predicted molar refractivity (Wildman–Crippen MR) is 94.8 cm³/mol. The molecule has 126 valence electrons. The van der Waals surface area contributed by atoms with Gasteiger partial charge in [-0.1, -0.05) is 18.2 Å². The van der Waals surface area contributed by atoms with E-state index in [9.17, 15) is 8.42 Å². The maximum atomic E-state index is 12.6. The second-order valence-corrected chi connectivity index (χ2v) is 7.47. The molecule has 0 saturated carbocycles. The number of aromatic amines is 1. The average Bonchev–Trinajstić information content (AvgIpc) is 2.87. The highest BCUT2D eigenvalue weighted by atomic mass is 32.2. The Hall–Kier alpha value is -2.31. The Kier molecular flexibility index (Phi) is 4.34. The highest BCUT2D eigenvalue weighted by Crippen LogP contribution is 2.24. The molecule has 0 spiro atoms. The van der Waals surface area contributed by atoms with Crippen LogP contribution in [0, 0.1) is 13.8 Å². The third-order valence-corrected chi connectivity index (χ3v) is 5.70. The van der Waals surface area contributed by atoms with Gasteiger partial charge in [0.1, 0.15) is 5.75 Å². The number of hydrogen-bond donors (Lipinski definition) is 2. The van der Waals surface area contributed by atoms with Crippen LogP contribution in [0.15, 0.2) is 47.4 Å². The second kappa shape index (κ2) is 6.30. The predicted octanol–water partition coefficient (Wildman–Crippen LogP) is 3.27. The van der Waals surface area contributed by atoms with Crippen LogP contribution in [0.2, 0.25) is 0 Å². The third-order valence-electron chi connectivity index (χ3n) is 4.14. The summed E-state index contributed by atoms with van der Waals surface area (Å²) in [6, 6.07) is 12.8. The summed E-state index contributed by atoms with van der Waals surface area (Å²) in [5.74, 6) is 0.638. The topological polar surface area (TPSA) is 71.2 Å². The molecule has 0 amide bonds. The summed E-state index contributed by atoms with van der Waals surface area (Å²) in [6.07, 6.45) is 0. The third kappa shape index (κ3) is 3.02. The number of benzene rings is 2. The monoisotopic (exact) mass is 344 g/mol. The van der Waals surface area contributed by atoms with E-state index in [-0.39, 0.29) is 11.4 Å². The van der Waals surface area contributed by atoms with Crippen LogP contribution in [-0.4, -0.2) is 20.5 Å². The van der Waals surface area contributed by atoms with Crippen molar-refractivity contribution in [3.63, 3.8) is 0 Å². The van der Waals surface area contributed by atoms with Gasteiger partial charge in [0.15, 0.2) is 0 Å². The van der Waals surface area contributed by atoms with Crippen molar-refractivity contribution < 1.29 is 13.2 Å². The molecule has 24 heavy (non-hydrogen) atoms. The molecule has 0 radical (unpaired) electrons.